The molecule has 0 spiro atoms. The van der Waals surface area contributed by atoms with E-state index in [4.69, 9.17) is 9.47 Å². The number of carbonyl (C=O) groups excluding carboxylic acids is 1. The first-order chi connectivity index (χ1) is 13.2. The van der Waals surface area contributed by atoms with Crippen LogP contribution in [0.3, 0.4) is 0 Å². The minimum Gasteiger partial charge on any atom is -0.489 e. The number of methoxy groups -OCH3 is 1. The van der Waals surface area contributed by atoms with Gasteiger partial charge in [0.25, 0.3) is 0 Å². The number of benzene rings is 2. The van der Waals surface area contributed by atoms with Crippen LogP contribution in [0.4, 0.5) is 0 Å². The maximum atomic E-state index is 12.5. The highest BCUT2D eigenvalue weighted by molar-refractivity contribution is 5.78. The largest absolute Gasteiger partial charge is 0.489 e. The summed E-state index contributed by atoms with van der Waals surface area (Å²) in [6.07, 6.45) is 1.07. The van der Waals surface area contributed by atoms with Gasteiger partial charge in [0.05, 0.1) is 12.2 Å². The number of nitrogens with one attached hydrogen (secondary N) is 1. The lowest BCUT2D eigenvalue weighted by Crippen LogP contribution is -2.41. The maximum Gasteiger partial charge on any atom is 0.223 e. The molecule has 5 heteroatoms. The molecule has 3 atom stereocenters. The van der Waals surface area contributed by atoms with Crippen LogP contribution in [0.5, 0.6) is 5.75 Å². The molecule has 0 radical (unpaired) electrons. The van der Waals surface area contributed by atoms with Crippen molar-refractivity contribution in [1.82, 2.24) is 5.32 Å². The van der Waals surface area contributed by atoms with Crippen LogP contribution in [0.1, 0.15) is 30.4 Å². The molecule has 0 heterocycles. The lowest BCUT2D eigenvalue weighted by Gasteiger charge is -2.31. The SMILES string of the molecule is CO[C@@H]1C[C@H](C(=O)NCc2ccccc2OCc2ccccc2)CC[C@@H]1O. The fraction of sp³-hybridized carbons (Fsp3) is 0.409. The Labute approximate surface area is 160 Å². The zero-order chi connectivity index (χ0) is 19.1. The summed E-state index contributed by atoms with van der Waals surface area (Å²) >= 11 is 0. The van der Waals surface area contributed by atoms with Gasteiger partial charge in [0.1, 0.15) is 12.4 Å². The Morgan fingerprint density at radius 1 is 1.11 bits per heavy atom. The molecule has 1 aliphatic carbocycles. The summed E-state index contributed by atoms with van der Waals surface area (Å²) in [6.45, 7) is 0.905. The lowest BCUT2D eigenvalue weighted by molar-refractivity contribution is -0.130. The van der Waals surface area contributed by atoms with Crippen molar-refractivity contribution in [2.75, 3.05) is 7.11 Å². The number of rotatable bonds is 7. The highest BCUT2D eigenvalue weighted by Gasteiger charge is 2.32. The number of carbonyl (C=O) groups is 1. The Morgan fingerprint density at radius 3 is 2.63 bits per heavy atom. The normalized spacial score (nSPS) is 22.2. The summed E-state index contributed by atoms with van der Waals surface area (Å²) in [5.74, 6) is 0.646. The fourth-order valence-corrected chi connectivity index (χ4v) is 3.46. The molecule has 5 nitrogen and oxygen atoms in total. The number of aliphatic hydroxyl groups excluding tert-OH is 1. The molecule has 1 amide bonds. The van der Waals surface area contributed by atoms with Gasteiger partial charge in [-0.2, -0.15) is 0 Å². The summed E-state index contributed by atoms with van der Waals surface area (Å²) in [5, 5.41) is 12.9. The zero-order valence-corrected chi connectivity index (χ0v) is 15.6. The second kappa shape index (κ2) is 9.53. The van der Waals surface area contributed by atoms with Gasteiger partial charge in [0.15, 0.2) is 0 Å². The predicted molar refractivity (Wildman–Crippen MR) is 103 cm³/mol. The molecule has 3 rings (SSSR count). The molecule has 1 fully saturated rings. The van der Waals surface area contributed by atoms with Crippen molar-refractivity contribution < 1.29 is 19.4 Å². The van der Waals surface area contributed by atoms with E-state index in [1.54, 1.807) is 7.11 Å². The molecule has 0 unspecified atom stereocenters. The Kier molecular flexibility index (Phi) is 6.85. The average molecular weight is 369 g/mol. The van der Waals surface area contributed by atoms with E-state index in [1.807, 2.05) is 54.6 Å². The minimum absolute atomic E-state index is 0.00168. The third-order valence-electron chi connectivity index (χ3n) is 5.09. The van der Waals surface area contributed by atoms with Crippen LogP contribution >= 0.6 is 0 Å². The molecule has 27 heavy (non-hydrogen) atoms. The Balaban J connectivity index is 1.55. The molecule has 144 valence electrons. The molecule has 1 aliphatic rings. The van der Waals surface area contributed by atoms with Crippen molar-refractivity contribution in [2.45, 2.75) is 44.6 Å². The van der Waals surface area contributed by atoms with E-state index < -0.39 is 6.10 Å². The molecule has 0 aliphatic heterocycles. The first-order valence-electron chi connectivity index (χ1n) is 9.40. The van der Waals surface area contributed by atoms with E-state index in [-0.39, 0.29) is 17.9 Å². The maximum absolute atomic E-state index is 12.5. The highest BCUT2D eigenvalue weighted by Crippen LogP contribution is 2.27. The van der Waals surface area contributed by atoms with Gasteiger partial charge >= 0.3 is 0 Å². The molecule has 2 aromatic carbocycles. The van der Waals surface area contributed by atoms with Crippen LogP contribution in [-0.2, 0) is 22.7 Å². The van der Waals surface area contributed by atoms with Crippen molar-refractivity contribution in [3.63, 3.8) is 0 Å². The first-order valence-corrected chi connectivity index (χ1v) is 9.40. The van der Waals surface area contributed by atoms with Gasteiger partial charge in [-0.1, -0.05) is 48.5 Å². The van der Waals surface area contributed by atoms with E-state index in [0.717, 1.165) is 16.9 Å². The summed E-state index contributed by atoms with van der Waals surface area (Å²) in [5.41, 5.74) is 2.05. The van der Waals surface area contributed by atoms with Crippen molar-refractivity contribution >= 4 is 5.91 Å². The number of ether oxygens (including phenoxy) is 2. The van der Waals surface area contributed by atoms with Gasteiger partial charge < -0.3 is 19.9 Å². The smallest absolute Gasteiger partial charge is 0.223 e. The third kappa shape index (κ3) is 5.31. The molecular formula is C22H27NO4. The quantitative estimate of drug-likeness (QED) is 0.787. The van der Waals surface area contributed by atoms with E-state index in [2.05, 4.69) is 5.32 Å². The molecule has 0 saturated heterocycles. The topological polar surface area (TPSA) is 67.8 Å². The van der Waals surface area contributed by atoms with Gasteiger partial charge in [-0.3, -0.25) is 4.79 Å². The zero-order valence-electron chi connectivity index (χ0n) is 15.6. The van der Waals surface area contributed by atoms with Crippen LogP contribution in [0.25, 0.3) is 0 Å². The van der Waals surface area contributed by atoms with Crippen LogP contribution in [0, 0.1) is 5.92 Å². The number of amides is 1. The van der Waals surface area contributed by atoms with Crippen LogP contribution in [0.15, 0.2) is 54.6 Å². The van der Waals surface area contributed by atoms with Crippen LogP contribution in [-0.4, -0.2) is 30.3 Å². The lowest BCUT2D eigenvalue weighted by atomic mass is 9.84. The molecule has 1 saturated carbocycles. The summed E-state index contributed by atoms with van der Waals surface area (Å²) in [4.78, 5) is 12.5. The first kappa shape index (κ1) is 19.4. The molecule has 2 N–H and O–H groups in total. The number of hydrogen-bond donors (Lipinski definition) is 2. The molecule has 0 bridgehead atoms. The number of para-hydroxylation sites is 1. The Morgan fingerprint density at radius 2 is 1.85 bits per heavy atom. The minimum atomic E-state index is -0.480. The Hall–Kier alpha value is -2.37. The Bertz CT molecular complexity index is 734. The summed E-state index contributed by atoms with van der Waals surface area (Å²) < 4.78 is 11.2. The highest BCUT2D eigenvalue weighted by atomic mass is 16.5. The third-order valence-corrected chi connectivity index (χ3v) is 5.09. The number of aliphatic hydroxyl groups is 1. The summed E-state index contributed by atoms with van der Waals surface area (Å²) in [6, 6.07) is 17.7. The second-order valence-corrected chi connectivity index (χ2v) is 6.95. The van der Waals surface area contributed by atoms with Crippen LogP contribution < -0.4 is 10.1 Å². The van der Waals surface area contributed by atoms with Gasteiger partial charge in [-0.25, -0.2) is 0 Å². The van der Waals surface area contributed by atoms with Gasteiger partial charge in [-0.15, -0.1) is 0 Å². The fourth-order valence-electron chi connectivity index (χ4n) is 3.46. The van der Waals surface area contributed by atoms with Gasteiger partial charge in [-0.05, 0) is 30.9 Å². The molecule has 2 aromatic rings. The average Bonchev–Trinajstić information content (AvgIpc) is 2.72. The number of hydrogen-bond acceptors (Lipinski definition) is 4. The van der Waals surface area contributed by atoms with Gasteiger partial charge in [0.2, 0.25) is 5.91 Å². The van der Waals surface area contributed by atoms with E-state index in [0.29, 0.717) is 32.4 Å². The predicted octanol–water partition coefficient (Wildman–Crippen LogP) is 3.06. The van der Waals surface area contributed by atoms with E-state index in [1.165, 1.54) is 0 Å². The van der Waals surface area contributed by atoms with Crippen molar-refractivity contribution in [1.29, 1.82) is 0 Å². The summed E-state index contributed by atoms with van der Waals surface area (Å²) in [7, 11) is 1.58. The molecule has 0 aromatic heterocycles. The molecular weight excluding hydrogens is 342 g/mol. The second-order valence-electron chi connectivity index (χ2n) is 6.95. The van der Waals surface area contributed by atoms with E-state index in [9.17, 15) is 9.90 Å². The standard InChI is InChI=1S/C22H27NO4/c1-26-21-13-17(11-12-19(21)24)22(25)23-14-18-9-5-6-10-20(18)27-15-16-7-3-2-4-8-16/h2-10,17,19,21,24H,11-15H2,1H3,(H,23,25)/t17-,19+,21-/m1/s1. The van der Waals surface area contributed by atoms with Crippen molar-refractivity contribution in [3.05, 3.63) is 65.7 Å². The van der Waals surface area contributed by atoms with Crippen molar-refractivity contribution in [3.8, 4) is 5.75 Å². The van der Waals surface area contributed by atoms with Crippen molar-refractivity contribution in [2.24, 2.45) is 5.92 Å². The van der Waals surface area contributed by atoms with Crippen LogP contribution in [0.2, 0.25) is 0 Å². The van der Waals surface area contributed by atoms with Gasteiger partial charge in [0, 0.05) is 25.1 Å². The van der Waals surface area contributed by atoms with E-state index >= 15 is 0 Å². The monoisotopic (exact) mass is 369 g/mol.